The summed E-state index contributed by atoms with van der Waals surface area (Å²) in [5, 5.41) is 0.724. The lowest BCUT2D eigenvalue weighted by Gasteiger charge is -2.35. The molecule has 10 heteroatoms. The fraction of sp³-hybridized carbons (Fsp3) is 0.500. The Morgan fingerprint density at radius 1 is 1.13 bits per heavy atom. The van der Waals surface area contributed by atoms with Crippen LogP contribution in [0.15, 0.2) is 29.3 Å². The molecule has 30 heavy (non-hydrogen) atoms. The van der Waals surface area contributed by atoms with Crippen molar-refractivity contribution in [1.29, 1.82) is 0 Å². The average molecular weight is 451 g/mol. The number of nitrogens with zero attached hydrogens (tertiary/aromatic N) is 5. The number of benzene rings is 1. The Labute approximate surface area is 182 Å². The topological polar surface area (TPSA) is 95.7 Å². The molecule has 0 amide bonds. The van der Waals surface area contributed by atoms with Gasteiger partial charge in [-0.2, -0.15) is 4.31 Å². The molecule has 1 aromatic carbocycles. The van der Waals surface area contributed by atoms with Gasteiger partial charge in [0.25, 0.3) is 10.0 Å². The highest BCUT2D eigenvalue weighted by Crippen LogP contribution is 2.35. The van der Waals surface area contributed by atoms with E-state index in [1.165, 1.54) is 4.31 Å². The summed E-state index contributed by atoms with van der Waals surface area (Å²) in [5.41, 5.74) is 7.92. The third-order valence-electron chi connectivity index (χ3n) is 5.74. The number of anilines is 2. The molecule has 3 heterocycles. The number of aryl methyl sites for hydroxylation is 1. The van der Waals surface area contributed by atoms with Gasteiger partial charge in [0.1, 0.15) is 11.6 Å². The van der Waals surface area contributed by atoms with Crippen molar-refractivity contribution in [3.8, 4) is 0 Å². The van der Waals surface area contributed by atoms with Gasteiger partial charge in [-0.3, -0.25) is 0 Å². The zero-order chi connectivity index (χ0) is 21.5. The van der Waals surface area contributed by atoms with Crippen molar-refractivity contribution in [1.82, 2.24) is 14.3 Å². The largest absolute Gasteiger partial charge is 0.369 e. The summed E-state index contributed by atoms with van der Waals surface area (Å²) in [7, 11) is -1.87. The third-order valence-corrected chi connectivity index (χ3v) is 7.82. The first-order valence-corrected chi connectivity index (χ1v) is 11.9. The quantitative estimate of drug-likeness (QED) is 0.716. The average Bonchev–Trinajstić information content (AvgIpc) is 2.86. The Bertz CT molecular complexity index is 1040. The van der Waals surface area contributed by atoms with Gasteiger partial charge in [0.05, 0.1) is 5.56 Å². The van der Waals surface area contributed by atoms with Crippen LogP contribution < -0.4 is 15.5 Å². The molecule has 0 saturated carbocycles. The van der Waals surface area contributed by atoms with Crippen LogP contribution in [-0.2, 0) is 10.0 Å². The predicted molar refractivity (Wildman–Crippen MR) is 119 cm³/mol. The summed E-state index contributed by atoms with van der Waals surface area (Å²) in [6.45, 7) is 4.42. The van der Waals surface area contributed by atoms with Crippen LogP contribution in [0, 0.1) is 6.92 Å². The van der Waals surface area contributed by atoms with Crippen molar-refractivity contribution in [2.45, 2.75) is 30.8 Å². The van der Waals surface area contributed by atoms with Crippen LogP contribution in [0.5, 0.6) is 0 Å². The monoisotopic (exact) mass is 450 g/mol. The van der Waals surface area contributed by atoms with Crippen molar-refractivity contribution >= 4 is 33.1 Å². The fourth-order valence-corrected chi connectivity index (χ4v) is 5.97. The van der Waals surface area contributed by atoms with Crippen molar-refractivity contribution in [2.75, 3.05) is 49.6 Å². The Morgan fingerprint density at radius 3 is 2.57 bits per heavy atom. The minimum atomic E-state index is -3.79. The number of fused-ring (bicyclic) bond motifs is 1. The summed E-state index contributed by atoms with van der Waals surface area (Å²) < 4.78 is 28.7. The van der Waals surface area contributed by atoms with Gasteiger partial charge >= 0.3 is 0 Å². The van der Waals surface area contributed by atoms with Gasteiger partial charge in [-0.1, -0.05) is 17.7 Å². The SMILES string of the molecule is Cc1nc2c(c(S(=O)(=O)N3CCN(c4cccc(Cl)c4)CC3)n1)C(N)CCCN2C. The van der Waals surface area contributed by atoms with Crippen LogP contribution in [0.3, 0.4) is 0 Å². The molecule has 0 aliphatic carbocycles. The number of aromatic nitrogens is 2. The molecule has 0 radical (unpaired) electrons. The van der Waals surface area contributed by atoms with Crippen LogP contribution >= 0.6 is 11.6 Å². The van der Waals surface area contributed by atoms with Crippen LogP contribution in [-0.4, -0.2) is 62.5 Å². The van der Waals surface area contributed by atoms with Crippen LogP contribution in [0.4, 0.5) is 11.5 Å². The first-order valence-electron chi connectivity index (χ1n) is 10.1. The van der Waals surface area contributed by atoms with E-state index in [1.807, 2.05) is 36.2 Å². The lowest BCUT2D eigenvalue weighted by atomic mass is 10.1. The molecule has 1 unspecified atom stereocenters. The standard InChI is InChI=1S/C20H27ClN6O2S/c1-14-23-19-18(17(22)7-4-8-25(19)2)20(24-14)30(28,29)27-11-9-26(10-12-27)16-6-3-5-15(21)13-16/h3,5-6,13,17H,4,7-12,22H2,1-2H3. The molecule has 1 aromatic heterocycles. The van der Waals surface area contributed by atoms with Crippen LogP contribution in [0.25, 0.3) is 0 Å². The van der Waals surface area contributed by atoms with E-state index < -0.39 is 16.1 Å². The van der Waals surface area contributed by atoms with Gasteiger partial charge in [0, 0.05) is 56.5 Å². The van der Waals surface area contributed by atoms with E-state index >= 15 is 0 Å². The maximum atomic E-state index is 13.6. The zero-order valence-corrected chi connectivity index (χ0v) is 18.8. The molecule has 1 atom stereocenters. The molecule has 8 nitrogen and oxygen atoms in total. The molecular formula is C20H27ClN6O2S. The highest BCUT2D eigenvalue weighted by molar-refractivity contribution is 7.89. The summed E-state index contributed by atoms with van der Waals surface area (Å²) in [4.78, 5) is 13.0. The van der Waals surface area contributed by atoms with Gasteiger partial charge < -0.3 is 15.5 Å². The molecule has 2 aromatic rings. The Hall–Kier alpha value is -1.94. The fourth-order valence-electron chi connectivity index (χ4n) is 4.13. The molecule has 162 valence electrons. The molecule has 0 spiro atoms. The first-order chi connectivity index (χ1) is 14.3. The number of piperazine rings is 1. The second kappa shape index (κ2) is 8.30. The van der Waals surface area contributed by atoms with E-state index in [4.69, 9.17) is 17.3 Å². The van der Waals surface area contributed by atoms with Crippen LogP contribution in [0.2, 0.25) is 5.02 Å². The smallest absolute Gasteiger partial charge is 0.261 e. The zero-order valence-electron chi connectivity index (χ0n) is 17.3. The second-order valence-electron chi connectivity index (χ2n) is 7.85. The minimum absolute atomic E-state index is 0.0578. The lowest BCUT2D eigenvalue weighted by Crippen LogP contribution is -2.49. The van der Waals surface area contributed by atoms with E-state index in [0.29, 0.717) is 54.8 Å². The highest BCUT2D eigenvalue weighted by Gasteiger charge is 2.36. The number of hydrogen-bond donors (Lipinski definition) is 1. The second-order valence-corrected chi connectivity index (χ2v) is 10.1. The summed E-state index contributed by atoms with van der Waals surface area (Å²) in [5.74, 6) is 1.06. The van der Waals surface area contributed by atoms with Gasteiger partial charge in [0.15, 0.2) is 5.03 Å². The summed E-state index contributed by atoms with van der Waals surface area (Å²) in [6.07, 6.45) is 1.58. The Balaban J connectivity index is 1.64. The van der Waals surface area contributed by atoms with Crippen molar-refractivity contribution < 1.29 is 8.42 Å². The van der Waals surface area contributed by atoms with E-state index in [-0.39, 0.29) is 5.03 Å². The van der Waals surface area contributed by atoms with Gasteiger partial charge in [-0.25, -0.2) is 18.4 Å². The number of nitrogens with two attached hydrogens (primary N) is 1. The van der Waals surface area contributed by atoms with Gasteiger partial charge in [0.2, 0.25) is 0 Å². The van der Waals surface area contributed by atoms with E-state index in [1.54, 1.807) is 6.92 Å². The minimum Gasteiger partial charge on any atom is -0.369 e. The number of rotatable bonds is 3. The molecule has 1 fully saturated rings. The van der Waals surface area contributed by atoms with Crippen molar-refractivity contribution in [3.05, 3.63) is 40.7 Å². The number of halogens is 1. The molecule has 1 saturated heterocycles. The van der Waals surface area contributed by atoms with Gasteiger partial charge in [-0.05, 0) is 38.0 Å². The Morgan fingerprint density at radius 2 is 1.87 bits per heavy atom. The van der Waals surface area contributed by atoms with Crippen molar-refractivity contribution in [3.63, 3.8) is 0 Å². The summed E-state index contributed by atoms with van der Waals surface area (Å²) in [6, 6.07) is 7.21. The van der Waals surface area contributed by atoms with E-state index in [2.05, 4.69) is 14.9 Å². The number of hydrogen-bond acceptors (Lipinski definition) is 7. The molecule has 2 aliphatic rings. The van der Waals surface area contributed by atoms with E-state index in [0.717, 1.165) is 18.7 Å². The highest BCUT2D eigenvalue weighted by atomic mass is 35.5. The lowest BCUT2D eigenvalue weighted by molar-refractivity contribution is 0.382. The first kappa shape index (κ1) is 21.3. The maximum Gasteiger partial charge on any atom is 0.261 e. The summed E-state index contributed by atoms with van der Waals surface area (Å²) >= 11 is 6.10. The molecule has 4 rings (SSSR count). The maximum absolute atomic E-state index is 13.6. The predicted octanol–water partition coefficient (Wildman–Crippen LogP) is 2.18. The van der Waals surface area contributed by atoms with E-state index in [9.17, 15) is 8.42 Å². The Kier molecular flexibility index (Phi) is 5.89. The van der Waals surface area contributed by atoms with Gasteiger partial charge in [-0.15, -0.1) is 0 Å². The molecular weight excluding hydrogens is 424 g/mol. The third kappa shape index (κ3) is 3.99. The molecule has 0 bridgehead atoms. The van der Waals surface area contributed by atoms with Crippen molar-refractivity contribution in [2.24, 2.45) is 5.73 Å². The molecule has 2 N–H and O–H groups in total. The number of sulfonamides is 1. The normalized spacial score (nSPS) is 20.7. The van der Waals surface area contributed by atoms with Crippen LogP contribution in [0.1, 0.15) is 30.3 Å². The molecule has 2 aliphatic heterocycles.